The molecule has 0 saturated heterocycles. The lowest BCUT2D eigenvalue weighted by molar-refractivity contribution is 1.09. The standard InChI is InChI=1S/C6H11Br3Si/c1-3-6(2)4-5-10(7,8)9/h4H,3,5H2,1-2H3. The molecular formula is C6H11Br3Si. The first-order valence-electron chi connectivity index (χ1n) is 3.18. The van der Waals surface area contributed by atoms with E-state index in [0.29, 0.717) is 0 Å². The van der Waals surface area contributed by atoms with E-state index in [9.17, 15) is 0 Å². The van der Waals surface area contributed by atoms with Crippen LogP contribution in [0.15, 0.2) is 11.6 Å². The molecule has 0 spiro atoms. The van der Waals surface area contributed by atoms with Gasteiger partial charge < -0.3 is 0 Å². The number of hydrogen-bond acceptors (Lipinski definition) is 0. The van der Waals surface area contributed by atoms with Crippen LogP contribution in [0, 0.1) is 0 Å². The van der Waals surface area contributed by atoms with Crippen molar-refractivity contribution < 1.29 is 0 Å². The van der Waals surface area contributed by atoms with Crippen LogP contribution in [-0.2, 0) is 0 Å². The first-order chi connectivity index (χ1) is 4.45. The van der Waals surface area contributed by atoms with Gasteiger partial charge in [-0.1, -0.05) is 64.5 Å². The van der Waals surface area contributed by atoms with Gasteiger partial charge in [-0.2, -0.15) is 0 Å². The predicted molar refractivity (Wildman–Crippen MR) is 61.4 cm³/mol. The molecule has 0 saturated carbocycles. The first-order valence-corrected chi connectivity index (χ1v) is 12.2. The van der Waals surface area contributed by atoms with Crippen LogP contribution in [0.5, 0.6) is 0 Å². The summed E-state index contributed by atoms with van der Waals surface area (Å²) in [6, 6.07) is 1.09. The minimum absolute atomic E-state index is 1.09. The van der Waals surface area contributed by atoms with E-state index in [1.54, 1.807) is 0 Å². The highest BCUT2D eigenvalue weighted by Crippen LogP contribution is 2.32. The first kappa shape index (κ1) is 11.4. The van der Waals surface area contributed by atoms with Crippen LogP contribution in [0.4, 0.5) is 0 Å². The van der Waals surface area contributed by atoms with E-state index in [4.69, 9.17) is 0 Å². The van der Waals surface area contributed by atoms with Gasteiger partial charge in [-0.15, -0.1) is 0 Å². The Bertz CT molecular complexity index is 125. The van der Waals surface area contributed by atoms with Crippen LogP contribution in [0.3, 0.4) is 0 Å². The second-order valence-electron chi connectivity index (χ2n) is 2.22. The third-order valence-electron chi connectivity index (χ3n) is 1.24. The molecule has 0 N–H and O–H groups in total. The van der Waals surface area contributed by atoms with Gasteiger partial charge in [0.05, 0.1) is 0 Å². The lowest BCUT2D eigenvalue weighted by Crippen LogP contribution is -2.02. The summed E-state index contributed by atoms with van der Waals surface area (Å²) in [7, 11) is 0. The third kappa shape index (κ3) is 7.50. The monoisotopic (exact) mass is 348 g/mol. The van der Waals surface area contributed by atoms with Crippen molar-refractivity contribution in [1.29, 1.82) is 0 Å². The maximum Gasteiger partial charge on any atom is 0.270 e. The summed E-state index contributed by atoms with van der Waals surface area (Å²) in [6.07, 6.45) is 3.42. The Labute approximate surface area is 87.2 Å². The topological polar surface area (TPSA) is 0 Å². The molecule has 0 unspecified atom stereocenters. The Kier molecular flexibility index (Phi) is 5.83. The normalized spacial score (nSPS) is 13.9. The summed E-state index contributed by atoms with van der Waals surface area (Å²) in [4.78, 5) is 0. The lowest BCUT2D eigenvalue weighted by atomic mass is 10.2. The van der Waals surface area contributed by atoms with Crippen molar-refractivity contribution >= 4 is 49.8 Å². The van der Waals surface area contributed by atoms with Crippen molar-refractivity contribution in [1.82, 2.24) is 0 Å². The van der Waals surface area contributed by atoms with Gasteiger partial charge >= 0.3 is 0 Å². The number of hydrogen-bond donors (Lipinski definition) is 0. The molecule has 0 rings (SSSR count). The average molecular weight is 351 g/mol. The summed E-state index contributed by atoms with van der Waals surface area (Å²) in [5, 5.41) is 0. The molecule has 60 valence electrons. The van der Waals surface area contributed by atoms with Gasteiger partial charge in [0.1, 0.15) is 0 Å². The molecule has 0 aromatic rings. The maximum absolute atomic E-state index is 3.56. The van der Waals surface area contributed by atoms with E-state index in [2.05, 4.69) is 65.8 Å². The fourth-order valence-corrected chi connectivity index (χ4v) is 2.47. The minimum Gasteiger partial charge on any atom is -0.0961 e. The molecule has 0 aliphatic rings. The molecule has 0 aromatic heterocycles. The predicted octanol–water partition coefficient (Wildman–Crippen LogP) is 4.47. The Hall–Kier alpha value is 1.40. The van der Waals surface area contributed by atoms with Gasteiger partial charge in [0.2, 0.25) is 0 Å². The molecule has 0 radical (unpaired) electrons. The molecule has 0 nitrogen and oxygen atoms in total. The summed E-state index contributed by atoms with van der Waals surface area (Å²) >= 11 is 10.7. The van der Waals surface area contributed by atoms with E-state index < -0.39 is 3.93 Å². The fraction of sp³-hybridized carbons (Fsp3) is 0.667. The van der Waals surface area contributed by atoms with Crippen LogP contribution >= 0.6 is 45.9 Å². The molecule has 0 aliphatic carbocycles. The second kappa shape index (κ2) is 5.12. The zero-order valence-corrected chi connectivity index (χ0v) is 11.9. The summed E-state index contributed by atoms with van der Waals surface area (Å²) in [5.41, 5.74) is 1.45. The highest BCUT2D eigenvalue weighted by atomic mass is 80.0. The van der Waals surface area contributed by atoms with Gasteiger partial charge in [0.15, 0.2) is 0 Å². The van der Waals surface area contributed by atoms with Crippen LogP contribution in [0.25, 0.3) is 0 Å². The number of halogens is 3. The molecule has 0 atom stereocenters. The Morgan fingerprint density at radius 3 is 2.20 bits per heavy atom. The molecule has 10 heavy (non-hydrogen) atoms. The van der Waals surface area contributed by atoms with E-state index in [-0.39, 0.29) is 0 Å². The van der Waals surface area contributed by atoms with E-state index in [1.807, 2.05) is 0 Å². The zero-order chi connectivity index (χ0) is 8.20. The van der Waals surface area contributed by atoms with E-state index in [1.165, 1.54) is 5.57 Å². The van der Waals surface area contributed by atoms with E-state index >= 15 is 0 Å². The smallest absolute Gasteiger partial charge is 0.0961 e. The highest BCUT2D eigenvalue weighted by molar-refractivity contribution is 9.72. The van der Waals surface area contributed by atoms with Crippen molar-refractivity contribution in [2.24, 2.45) is 0 Å². The molecule has 0 aliphatic heterocycles. The van der Waals surface area contributed by atoms with Crippen molar-refractivity contribution in [2.75, 3.05) is 0 Å². The molecule has 0 bridgehead atoms. The Morgan fingerprint density at radius 2 is 1.90 bits per heavy atom. The highest BCUT2D eigenvalue weighted by Gasteiger charge is 2.19. The van der Waals surface area contributed by atoms with Crippen LogP contribution in [-0.4, -0.2) is 3.93 Å². The van der Waals surface area contributed by atoms with Gasteiger partial charge in [-0.05, 0) is 19.4 Å². The molecule has 4 heteroatoms. The Morgan fingerprint density at radius 1 is 1.40 bits per heavy atom. The maximum atomic E-state index is 3.56. The van der Waals surface area contributed by atoms with Gasteiger partial charge in [0, 0.05) is 0 Å². The van der Waals surface area contributed by atoms with Crippen LogP contribution in [0.1, 0.15) is 20.3 Å². The number of allylic oxidation sites excluding steroid dienone is 2. The van der Waals surface area contributed by atoms with Gasteiger partial charge in [0.25, 0.3) is 3.93 Å². The van der Waals surface area contributed by atoms with Crippen LogP contribution < -0.4 is 0 Å². The van der Waals surface area contributed by atoms with Crippen molar-refractivity contribution in [3.05, 3.63) is 11.6 Å². The molecule has 0 heterocycles. The molecule has 0 aromatic carbocycles. The lowest BCUT2D eigenvalue weighted by Gasteiger charge is -2.04. The minimum atomic E-state index is -1.38. The largest absolute Gasteiger partial charge is 0.270 e. The molecular weight excluding hydrogens is 340 g/mol. The molecule has 0 amide bonds. The van der Waals surface area contributed by atoms with Crippen LogP contribution in [0.2, 0.25) is 6.04 Å². The second-order valence-corrected chi connectivity index (χ2v) is 25.6. The summed E-state index contributed by atoms with van der Waals surface area (Å²) < 4.78 is -1.38. The van der Waals surface area contributed by atoms with Gasteiger partial charge in [-0.25, -0.2) is 0 Å². The van der Waals surface area contributed by atoms with Crippen molar-refractivity contribution in [3.63, 3.8) is 0 Å². The number of rotatable bonds is 3. The van der Waals surface area contributed by atoms with Crippen molar-refractivity contribution in [2.45, 2.75) is 26.3 Å². The van der Waals surface area contributed by atoms with E-state index in [0.717, 1.165) is 12.5 Å². The summed E-state index contributed by atoms with van der Waals surface area (Å²) in [5.74, 6) is 0. The van der Waals surface area contributed by atoms with Crippen molar-refractivity contribution in [3.8, 4) is 0 Å². The SMILES string of the molecule is CCC(C)=CC[Si](Br)(Br)Br. The van der Waals surface area contributed by atoms with Gasteiger partial charge in [-0.3, -0.25) is 0 Å². The zero-order valence-electron chi connectivity index (χ0n) is 6.13. The molecule has 0 fully saturated rings. The quantitative estimate of drug-likeness (QED) is 0.400. The summed E-state index contributed by atoms with van der Waals surface area (Å²) in [6.45, 7) is 4.33. The third-order valence-corrected chi connectivity index (χ3v) is 4.82. The Balaban J connectivity index is 3.73. The average Bonchev–Trinajstić information content (AvgIpc) is 1.81. The fourth-order valence-electron chi connectivity index (χ4n) is 0.434.